The fourth-order valence-electron chi connectivity index (χ4n) is 7.99. The summed E-state index contributed by atoms with van der Waals surface area (Å²) in [6, 6.07) is 0. The van der Waals surface area contributed by atoms with Gasteiger partial charge >= 0.3 is 11.9 Å². The van der Waals surface area contributed by atoms with Gasteiger partial charge in [-0.15, -0.1) is 0 Å². The summed E-state index contributed by atoms with van der Waals surface area (Å²) in [5.41, 5.74) is -0.355. The number of hydrogen-bond acceptors (Lipinski definition) is 2. The van der Waals surface area contributed by atoms with Crippen LogP contribution >= 0.6 is 0 Å². The topological polar surface area (TPSA) is 74.6 Å². The van der Waals surface area contributed by atoms with Crippen molar-refractivity contribution in [2.24, 2.45) is 39.9 Å². The summed E-state index contributed by atoms with van der Waals surface area (Å²) < 4.78 is 0. The van der Waals surface area contributed by atoms with Crippen LogP contribution in [0, 0.1) is 39.9 Å². The molecule has 4 saturated carbocycles. The van der Waals surface area contributed by atoms with Gasteiger partial charge in [-0.05, 0) is 86.9 Å². The molecule has 4 heteroatoms. The van der Waals surface area contributed by atoms with Crippen molar-refractivity contribution in [2.45, 2.75) is 71.6 Å². The Morgan fingerprint density at radius 1 is 0.917 bits per heavy atom. The lowest BCUT2D eigenvalue weighted by Crippen LogP contribution is -2.58. The van der Waals surface area contributed by atoms with Crippen LogP contribution in [0.2, 0.25) is 0 Å². The normalized spacial score (nSPS) is 53.1. The SMILES string of the molecule is C[C@@]12CCC[C@@](C)(C(=O)O)[C@H]1CC[C@@]13CC(CC[C@@H]12)[C@H](C(=O)O)C3. The van der Waals surface area contributed by atoms with Gasteiger partial charge in [0.2, 0.25) is 0 Å². The Balaban J connectivity index is 1.71. The lowest BCUT2D eigenvalue weighted by Gasteiger charge is -2.63. The minimum Gasteiger partial charge on any atom is -0.481 e. The Morgan fingerprint density at radius 2 is 1.67 bits per heavy atom. The second-order valence-corrected chi connectivity index (χ2v) is 9.78. The lowest BCUT2D eigenvalue weighted by molar-refractivity contribution is -0.181. The minimum atomic E-state index is -0.627. The highest BCUT2D eigenvalue weighted by molar-refractivity contribution is 5.75. The molecule has 0 saturated heterocycles. The lowest BCUT2D eigenvalue weighted by atomic mass is 9.41. The summed E-state index contributed by atoms with van der Waals surface area (Å²) in [6.07, 6.45) is 8.96. The van der Waals surface area contributed by atoms with Crippen molar-refractivity contribution in [3.8, 4) is 0 Å². The second kappa shape index (κ2) is 4.98. The van der Waals surface area contributed by atoms with Gasteiger partial charge in [-0.25, -0.2) is 0 Å². The van der Waals surface area contributed by atoms with Gasteiger partial charge in [-0.2, -0.15) is 0 Å². The van der Waals surface area contributed by atoms with Crippen LogP contribution in [0.25, 0.3) is 0 Å². The molecule has 2 bridgehead atoms. The van der Waals surface area contributed by atoms with E-state index in [4.69, 9.17) is 0 Å². The summed E-state index contributed by atoms with van der Waals surface area (Å²) in [7, 11) is 0. The van der Waals surface area contributed by atoms with Crippen LogP contribution in [0.1, 0.15) is 71.6 Å². The Kier molecular flexibility index (Phi) is 3.41. The maximum absolute atomic E-state index is 12.1. The highest BCUT2D eigenvalue weighted by Crippen LogP contribution is 2.72. The van der Waals surface area contributed by atoms with Crippen molar-refractivity contribution in [3.63, 3.8) is 0 Å². The fraction of sp³-hybridized carbons (Fsp3) is 0.900. The van der Waals surface area contributed by atoms with E-state index in [2.05, 4.69) is 6.92 Å². The number of aliphatic carboxylic acids is 2. The predicted octanol–water partition coefficient (Wildman–Crippen LogP) is 4.18. The molecule has 4 nitrogen and oxygen atoms in total. The molecule has 0 radical (unpaired) electrons. The Morgan fingerprint density at radius 3 is 2.33 bits per heavy atom. The summed E-state index contributed by atoms with van der Waals surface area (Å²) in [5, 5.41) is 19.5. The molecule has 2 N–H and O–H groups in total. The first-order valence-corrected chi connectivity index (χ1v) is 9.69. The third kappa shape index (κ3) is 1.91. The Hall–Kier alpha value is -1.06. The molecule has 1 spiro atoms. The van der Waals surface area contributed by atoms with Crippen LogP contribution in [0.15, 0.2) is 0 Å². The number of fused-ring (bicyclic) bond motifs is 3. The van der Waals surface area contributed by atoms with Gasteiger partial charge < -0.3 is 10.2 Å². The van der Waals surface area contributed by atoms with Crippen LogP contribution in [0.4, 0.5) is 0 Å². The van der Waals surface area contributed by atoms with Crippen LogP contribution in [0.5, 0.6) is 0 Å². The van der Waals surface area contributed by atoms with E-state index in [1.807, 2.05) is 6.92 Å². The minimum absolute atomic E-state index is 0.0714. The van der Waals surface area contributed by atoms with Crippen LogP contribution in [-0.4, -0.2) is 22.2 Å². The third-order valence-corrected chi connectivity index (χ3v) is 8.94. The molecular formula is C20H30O4. The summed E-state index contributed by atoms with van der Waals surface area (Å²) >= 11 is 0. The van der Waals surface area contributed by atoms with E-state index in [1.165, 1.54) is 0 Å². The molecule has 0 heterocycles. The number of rotatable bonds is 2. The first kappa shape index (κ1) is 16.4. The molecular weight excluding hydrogens is 304 g/mol. The molecule has 24 heavy (non-hydrogen) atoms. The van der Waals surface area contributed by atoms with Crippen molar-refractivity contribution >= 4 is 11.9 Å². The maximum atomic E-state index is 12.1. The molecule has 0 aromatic rings. The quantitative estimate of drug-likeness (QED) is 0.794. The molecule has 4 aliphatic rings. The smallest absolute Gasteiger partial charge is 0.309 e. The maximum Gasteiger partial charge on any atom is 0.309 e. The van der Waals surface area contributed by atoms with Gasteiger partial charge in [0.15, 0.2) is 0 Å². The summed E-state index contributed by atoms with van der Waals surface area (Å²) in [5.74, 6) is -0.282. The van der Waals surface area contributed by atoms with Crippen molar-refractivity contribution in [3.05, 3.63) is 0 Å². The van der Waals surface area contributed by atoms with Gasteiger partial charge in [-0.3, -0.25) is 9.59 Å². The van der Waals surface area contributed by atoms with E-state index in [9.17, 15) is 19.8 Å². The highest BCUT2D eigenvalue weighted by atomic mass is 16.4. The zero-order chi connectivity index (χ0) is 17.3. The van der Waals surface area contributed by atoms with Gasteiger partial charge in [-0.1, -0.05) is 13.3 Å². The van der Waals surface area contributed by atoms with Crippen LogP contribution in [-0.2, 0) is 9.59 Å². The van der Waals surface area contributed by atoms with Gasteiger partial charge in [0.25, 0.3) is 0 Å². The van der Waals surface area contributed by atoms with E-state index >= 15 is 0 Å². The monoisotopic (exact) mass is 334 g/mol. The molecule has 4 rings (SSSR count). The first-order chi connectivity index (χ1) is 11.2. The second-order valence-electron chi connectivity index (χ2n) is 9.78. The average Bonchev–Trinajstić information content (AvgIpc) is 2.78. The molecule has 0 aromatic heterocycles. The first-order valence-electron chi connectivity index (χ1n) is 9.69. The predicted molar refractivity (Wildman–Crippen MR) is 89.4 cm³/mol. The van der Waals surface area contributed by atoms with Gasteiger partial charge in [0.1, 0.15) is 0 Å². The zero-order valence-electron chi connectivity index (χ0n) is 14.9. The molecule has 0 aromatic carbocycles. The molecule has 4 fully saturated rings. The zero-order valence-corrected chi connectivity index (χ0v) is 14.9. The van der Waals surface area contributed by atoms with E-state index in [0.717, 1.165) is 57.8 Å². The molecule has 0 amide bonds. The molecule has 7 atom stereocenters. The number of carboxylic acids is 2. The summed E-state index contributed by atoms with van der Waals surface area (Å²) in [4.78, 5) is 23.7. The van der Waals surface area contributed by atoms with Crippen molar-refractivity contribution in [1.82, 2.24) is 0 Å². The molecule has 1 unspecified atom stereocenters. The van der Waals surface area contributed by atoms with E-state index in [1.54, 1.807) is 0 Å². The van der Waals surface area contributed by atoms with Gasteiger partial charge in [0.05, 0.1) is 11.3 Å². The number of carbonyl (C=O) groups is 2. The fourth-order valence-corrected chi connectivity index (χ4v) is 7.99. The molecule has 134 valence electrons. The van der Waals surface area contributed by atoms with E-state index in [-0.39, 0.29) is 22.7 Å². The Labute approximate surface area is 144 Å². The molecule has 4 aliphatic carbocycles. The van der Waals surface area contributed by atoms with E-state index in [0.29, 0.717) is 11.8 Å². The van der Waals surface area contributed by atoms with Gasteiger partial charge in [0, 0.05) is 0 Å². The highest BCUT2D eigenvalue weighted by Gasteiger charge is 2.66. The largest absolute Gasteiger partial charge is 0.481 e. The average molecular weight is 334 g/mol. The van der Waals surface area contributed by atoms with Crippen molar-refractivity contribution < 1.29 is 19.8 Å². The van der Waals surface area contributed by atoms with E-state index < -0.39 is 17.4 Å². The third-order valence-electron chi connectivity index (χ3n) is 8.94. The molecule has 0 aliphatic heterocycles. The van der Waals surface area contributed by atoms with Crippen molar-refractivity contribution in [2.75, 3.05) is 0 Å². The number of hydrogen-bond donors (Lipinski definition) is 2. The summed E-state index contributed by atoms with van der Waals surface area (Å²) in [6.45, 7) is 4.31. The van der Waals surface area contributed by atoms with Crippen molar-refractivity contribution in [1.29, 1.82) is 0 Å². The van der Waals surface area contributed by atoms with Crippen LogP contribution in [0.3, 0.4) is 0 Å². The van der Waals surface area contributed by atoms with Crippen LogP contribution < -0.4 is 0 Å². The Bertz CT molecular complexity index is 586. The standard InChI is InChI=1S/C20H30O4/c1-18-7-3-8-19(2,17(23)24)14(18)6-9-20-10-12(4-5-15(18)20)13(11-20)16(21)22/h12-15H,3-11H2,1-2H3,(H,21,22)(H,23,24)/t12?,13-,14+,15-,18-,19-,20+/m1/s1. The number of carboxylic acid groups (broad SMARTS) is 2.